The highest BCUT2D eigenvalue weighted by atomic mass is 79.9. The van der Waals surface area contributed by atoms with Gasteiger partial charge in [-0.25, -0.2) is 0 Å². The molecule has 0 unspecified atom stereocenters. The maximum Gasteiger partial charge on any atom is 0.208 e. The van der Waals surface area contributed by atoms with Crippen LogP contribution in [0.1, 0.15) is 5.56 Å². The van der Waals surface area contributed by atoms with Gasteiger partial charge in [0.25, 0.3) is 0 Å². The Morgan fingerprint density at radius 1 is 0.553 bits per heavy atom. The average Bonchev–Trinajstić information content (AvgIpc) is 3.25. The number of rotatable bonds is 2. The lowest BCUT2D eigenvalue weighted by atomic mass is 10.00. The van der Waals surface area contributed by atoms with E-state index in [-0.39, 0.29) is 5.56 Å². The van der Waals surface area contributed by atoms with Crippen LogP contribution in [0.25, 0.3) is 38.6 Å². The van der Waals surface area contributed by atoms with Gasteiger partial charge in [-0.2, -0.15) is 0 Å². The Morgan fingerprint density at radius 3 is 1.79 bits per heavy atom. The highest BCUT2D eigenvalue weighted by Crippen LogP contribution is 2.55. The molecule has 1 heterocycles. The summed E-state index contributed by atoms with van der Waals surface area (Å²) in [5.74, 6) is -4.21. The third-order valence-electron chi connectivity index (χ3n) is 6.33. The molecule has 1 aromatic heterocycles. The van der Waals surface area contributed by atoms with Crippen LogP contribution in [-0.2, 0) is 0 Å². The van der Waals surface area contributed by atoms with Gasteiger partial charge in [0.15, 0.2) is 11.5 Å². The molecule has 0 aliphatic rings. The molecule has 0 aliphatic heterocycles. The molecule has 6 nitrogen and oxygen atoms in total. The molecule has 0 saturated carbocycles. The van der Waals surface area contributed by atoms with Gasteiger partial charge in [0.1, 0.15) is 0 Å². The second kappa shape index (κ2) is 10.0. The van der Waals surface area contributed by atoms with Crippen molar-refractivity contribution in [3.8, 4) is 45.6 Å². The van der Waals surface area contributed by atoms with Crippen LogP contribution in [0, 0.1) is 6.92 Å². The molecular weight excluding hydrogens is 546 g/mol. The minimum Gasteiger partial charge on any atom is -0.504 e. The van der Waals surface area contributed by atoms with Crippen LogP contribution < -0.4 is 0 Å². The van der Waals surface area contributed by atoms with Gasteiger partial charge in [0.05, 0.1) is 16.6 Å². The number of para-hydroxylation sites is 1. The minimum absolute atomic E-state index is 0.171. The lowest BCUT2D eigenvalue weighted by Gasteiger charge is -2.13. The monoisotopic (exact) mass is 569 g/mol. The van der Waals surface area contributed by atoms with E-state index in [1.54, 1.807) is 12.1 Å². The van der Waals surface area contributed by atoms with Crippen LogP contribution in [0.5, 0.6) is 28.7 Å². The van der Waals surface area contributed by atoms with E-state index in [1.165, 1.54) is 0 Å². The molecule has 38 heavy (non-hydrogen) atoms. The SMILES string of the molecule is Brc1ccccc1.Cc1cccc(-n2c3ccccc3c3ccc(-c4c(O)c(O)c(O)c(O)c4O)cc32)c1. The van der Waals surface area contributed by atoms with Crippen LogP contribution in [0.4, 0.5) is 0 Å². The first-order chi connectivity index (χ1) is 18.3. The molecule has 6 aromatic rings. The minimum atomic E-state index is -0.978. The molecular formula is C31H24BrNO5. The zero-order valence-electron chi connectivity index (χ0n) is 20.3. The number of hydrogen-bond acceptors (Lipinski definition) is 5. The molecule has 5 N–H and O–H groups in total. The van der Waals surface area contributed by atoms with Crippen molar-refractivity contribution in [2.24, 2.45) is 0 Å². The summed E-state index contributed by atoms with van der Waals surface area (Å²) >= 11 is 3.31. The highest BCUT2D eigenvalue weighted by Gasteiger charge is 2.25. The van der Waals surface area contributed by atoms with Crippen LogP contribution in [0.2, 0.25) is 0 Å². The number of hydrogen-bond donors (Lipinski definition) is 5. The molecule has 7 heteroatoms. The Morgan fingerprint density at radius 2 is 1.16 bits per heavy atom. The normalized spacial score (nSPS) is 10.9. The quantitative estimate of drug-likeness (QED) is 0.108. The number of aromatic hydroxyl groups is 5. The first-order valence-corrected chi connectivity index (χ1v) is 12.6. The first kappa shape index (κ1) is 25.0. The van der Waals surface area contributed by atoms with Gasteiger partial charge in [0.2, 0.25) is 17.2 Å². The summed E-state index contributed by atoms with van der Waals surface area (Å²) in [7, 11) is 0. The molecule has 0 aliphatic carbocycles. The van der Waals surface area contributed by atoms with Gasteiger partial charge in [-0.05, 0) is 54.4 Å². The zero-order chi connectivity index (χ0) is 27.0. The van der Waals surface area contributed by atoms with Crippen LogP contribution in [-0.4, -0.2) is 30.1 Å². The standard InChI is InChI=1S/C25H19NO5.C6H5Br/c1-13-5-4-6-15(11-13)26-18-8-3-2-7-16(18)17-10-9-14(12-19(17)26)20-21(27)23(29)25(31)24(30)22(20)28;7-6-4-2-1-3-5-6/h2-12,27-31H,1H3;1-5H. The van der Waals surface area contributed by atoms with Crippen molar-refractivity contribution in [1.29, 1.82) is 0 Å². The van der Waals surface area contributed by atoms with Gasteiger partial charge < -0.3 is 30.1 Å². The van der Waals surface area contributed by atoms with Gasteiger partial charge in [0, 0.05) is 20.9 Å². The number of halogens is 1. The first-order valence-electron chi connectivity index (χ1n) is 11.8. The number of fused-ring (bicyclic) bond motifs is 3. The highest BCUT2D eigenvalue weighted by molar-refractivity contribution is 9.10. The Hall–Kier alpha value is -4.62. The lowest BCUT2D eigenvalue weighted by Crippen LogP contribution is -1.94. The largest absolute Gasteiger partial charge is 0.504 e. The second-order valence-electron chi connectivity index (χ2n) is 8.84. The third kappa shape index (κ3) is 4.37. The van der Waals surface area contributed by atoms with Crippen LogP contribution >= 0.6 is 15.9 Å². The van der Waals surface area contributed by atoms with Crippen molar-refractivity contribution in [2.75, 3.05) is 0 Å². The molecule has 0 spiro atoms. The van der Waals surface area contributed by atoms with Crippen molar-refractivity contribution < 1.29 is 25.5 Å². The van der Waals surface area contributed by atoms with E-state index in [1.807, 2.05) is 85.8 Å². The molecule has 0 amide bonds. The van der Waals surface area contributed by atoms with E-state index in [0.717, 1.165) is 37.5 Å². The van der Waals surface area contributed by atoms with E-state index < -0.39 is 28.7 Å². The van der Waals surface area contributed by atoms with Crippen molar-refractivity contribution in [1.82, 2.24) is 4.57 Å². The molecule has 0 bridgehead atoms. The van der Waals surface area contributed by atoms with Gasteiger partial charge >= 0.3 is 0 Å². The summed E-state index contributed by atoms with van der Waals surface area (Å²) in [6, 6.07) is 31.3. The summed E-state index contributed by atoms with van der Waals surface area (Å²) in [6.45, 7) is 2.01. The second-order valence-corrected chi connectivity index (χ2v) is 9.75. The Labute approximate surface area is 227 Å². The summed E-state index contributed by atoms with van der Waals surface area (Å²) in [5, 5.41) is 52.4. The van der Waals surface area contributed by atoms with Crippen molar-refractivity contribution >= 4 is 37.7 Å². The lowest BCUT2D eigenvalue weighted by molar-refractivity contribution is 0.330. The summed E-state index contributed by atoms with van der Waals surface area (Å²) in [4.78, 5) is 0. The smallest absolute Gasteiger partial charge is 0.208 e. The molecule has 0 fully saturated rings. The third-order valence-corrected chi connectivity index (χ3v) is 6.85. The maximum atomic E-state index is 10.4. The van der Waals surface area contributed by atoms with Gasteiger partial charge in [-0.15, -0.1) is 0 Å². The summed E-state index contributed by atoms with van der Waals surface area (Å²) < 4.78 is 3.21. The van der Waals surface area contributed by atoms with E-state index >= 15 is 0 Å². The molecule has 6 rings (SSSR count). The van der Waals surface area contributed by atoms with Crippen molar-refractivity contribution in [3.63, 3.8) is 0 Å². The number of aryl methyl sites for hydroxylation is 1. The van der Waals surface area contributed by atoms with E-state index in [4.69, 9.17) is 0 Å². The van der Waals surface area contributed by atoms with E-state index in [0.29, 0.717) is 5.56 Å². The fourth-order valence-corrected chi connectivity index (χ4v) is 4.85. The number of phenolic OH excluding ortho intramolecular Hbond substituents is 5. The van der Waals surface area contributed by atoms with Gasteiger partial charge in [-0.1, -0.05) is 76.6 Å². The summed E-state index contributed by atoms with van der Waals surface area (Å²) in [6.07, 6.45) is 0. The van der Waals surface area contributed by atoms with Crippen molar-refractivity contribution in [3.05, 3.63) is 107 Å². The number of phenols is 5. The Balaban J connectivity index is 0.000000366. The fourth-order valence-electron chi connectivity index (χ4n) is 4.54. The Bertz CT molecular complexity index is 1770. The molecule has 0 atom stereocenters. The molecule has 190 valence electrons. The fraction of sp³-hybridized carbons (Fsp3) is 0.0323. The zero-order valence-corrected chi connectivity index (χ0v) is 21.9. The number of benzene rings is 5. The van der Waals surface area contributed by atoms with Crippen molar-refractivity contribution in [2.45, 2.75) is 6.92 Å². The predicted octanol–water partition coefficient (Wildman–Crippen LogP) is 7.74. The predicted molar refractivity (Wildman–Crippen MR) is 153 cm³/mol. The average molecular weight is 570 g/mol. The van der Waals surface area contributed by atoms with E-state index in [2.05, 4.69) is 26.6 Å². The number of nitrogens with zero attached hydrogens (tertiary/aromatic N) is 1. The number of aromatic nitrogens is 1. The summed E-state index contributed by atoms with van der Waals surface area (Å²) in [5.41, 5.74) is 4.05. The van der Waals surface area contributed by atoms with Gasteiger partial charge in [-0.3, -0.25) is 0 Å². The maximum absolute atomic E-state index is 10.4. The topological polar surface area (TPSA) is 106 Å². The van der Waals surface area contributed by atoms with Crippen LogP contribution in [0.3, 0.4) is 0 Å². The molecule has 5 aromatic carbocycles. The van der Waals surface area contributed by atoms with Crippen LogP contribution in [0.15, 0.2) is 102 Å². The molecule has 0 radical (unpaired) electrons. The van der Waals surface area contributed by atoms with E-state index in [9.17, 15) is 25.5 Å². The molecule has 0 saturated heterocycles. The Kier molecular flexibility index (Phi) is 6.61.